The van der Waals surface area contributed by atoms with Crippen molar-refractivity contribution in [3.05, 3.63) is 71.8 Å². The van der Waals surface area contributed by atoms with Crippen molar-refractivity contribution in [2.24, 2.45) is 5.73 Å². The molecule has 0 aromatic heterocycles. The maximum atomic E-state index is 12.7. The number of fused-ring (bicyclic) bond motifs is 1. The van der Waals surface area contributed by atoms with Gasteiger partial charge >= 0.3 is 12.1 Å². The molecule has 6 nitrogen and oxygen atoms in total. The zero-order valence-corrected chi connectivity index (χ0v) is 18.2. The number of carbonyl (C=O) groups excluding carboxylic acids is 2. The van der Waals surface area contributed by atoms with Crippen LogP contribution < -0.4 is 15.8 Å². The Morgan fingerprint density at radius 3 is 2.33 bits per heavy atom. The van der Waals surface area contributed by atoms with Gasteiger partial charge in [-0.05, 0) is 53.9 Å². The molecule has 3 aromatic rings. The smallest absolute Gasteiger partial charge is 0.416 e. The Kier molecular flexibility index (Phi) is 9.23. The molecule has 33 heavy (non-hydrogen) atoms. The Labute approximate surface area is 189 Å². The molecule has 0 aliphatic heterocycles. The largest absolute Gasteiger partial charge is 0.463 e. The molecular formula is C24H25F3N2O4. The molecular weight excluding hydrogens is 437 g/mol. The first-order valence-corrected chi connectivity index (χ1v) is 10.3. The molecule has 1 amide bonds. The molecule has 3 aromatic carbocycles. The average Bonchev–Trinajstić information content (AvgIpc) is 2.82. The van der Waals surface area contributed by atoms with Crippen LogP contribution in [0.15, 0.2) is 60.7 Å². The van der Waals surface area contributed by atoms with Crippen molar-refractivity contribution in [3.8, 4) is 11.5 Å². The van der Waals surface area contributed by atoms with Crippen LogP contribution in [0.2, 0.25) is 0 Å². The Hall–Kier alpha value is -3.59. The predicted octanol–water partition coefficient (Wildman–Crippen LogP) is 4.91. The monoisotopic (exact) mass is 462 g/mol. The minimum absolute atomic E-state index is 0.0144. The van der Waals surface area contributed by atoms with Crippen molar-refractivity contribution in [2.45, 2.75) is 20.0 Å². The second kappa shape index (κ2) is 11.9. The highest BCUT2D eigenvalue weighted by Crippen LogP contribution is 2.33. The average molecular weight is 462 g/mol. The summed E-state index contributed by atoms with van der Waals surface area (Å²) in [4.78, 5) is 23.3. The van der Waals surface area contributed by atoms with Gasteiger partial charge in [-0.25, -0.2) is 0 Å². The molecule has 0 saturated carbocycles. The Morgan fingerprint density at radius 2 is 1.70 bits per heavy atom. The van der Waals surface area contributed by atoms with Gasteiger partial charge in [0.05, 0.1) is 18.7 Å². The number of benzene rings is 3. The number of hydrogen-bond donors (Lipinski definition) is 2. The topological polar surface area (TPSA) is 90.7 Å². The number of esters is 1. The van der Waals surface area contributed by atoms with Crippen LogP contribution in [0, 0.1) is 0 Å². The molecule has 0 bridgehead atoms. The lowest BCUT2D eigenvalue weighted by Crippen LogP contribution is -2.29. The van der Waals surface area contributed by atoms with Gasteiger partial charge in [-0.2, -0.15) is 13.2 Å². The molecule has 0 fully saturated rings. The van der Waals surface area contributed by atoms with E-state index in [1.165, 1.54) is 12.1 Å². The van der Waals surface area contributed by atoms with E-state index in [0.29, 0.717) is 22.1 Å². The van der Waals surface area contributed by atoms with Crippen molar-refractivity contribution in [2.75, 3.05) is 19.7 Å². The Bertz CT molecular complexity index is 1080. The lowest BCUT2D eigenvalue weighted by Gasteiger charge is -2.12. The van der Waals surface area contributed by atoms with Crippen LogP contribution in [0.4, 0.5) is 13.2 Å². The third kappa shape index (κ3) is 7.21. The first-order valence-electron chi connectivity index (χ1n) is 10.3. The van der Waals surface area contributed by atoms with Gasteiger partial charge in [0.25, 0.3) is 5.91 Å². The molecule has 0 heterocycles. The third-order valence-corrected chi connectivity index (χ3v) is 4.33. The molecule has 0 aliphatic carbocycles. The Balaban J connectivity index is 0.00000187. The number of halogens is 3. The number of nitrogens with two attached hydrogens (primary N) is 1. The number of carbonyl (C=O) groups is 2. The minimum Gasteiger partial charge on any atom is -0.463 e. The van der Waals surface area contributed by atoms with Crippen LogP contribution in [0.5, 0.6) is 11.5 Å². The molecule has 0 saturated heterocycles. The molecule has 3 N–H and O–H groups in total. The second-order valence-corrected chi connectivity index (χ2v) is 6.50. The Morgan fingerprint density at radius 1 is 1.00 bits per heavy atom. The summed E-state index contributed by atoms with van der Waals surface area (Å²) in [5, 5.41) is 4.04. The van der Waals surface area contributed by atoms with Gasteiger partial charge in [-0.3, -0.25) is 9.59 Å². The van der Waals surface area contributed by atoms with E-state index in [4.69, 9.17) is 15.2 Å². The minimum atomic E-state index is -4.42. The standard InChI is InChI=1S/C22H19F3N2O4.C2H6/c23-22(24,25)16-5-7-17(8-6-16)31-19-3-1-2-14-12-15(4-9-18(14)19)21(29)27-10-11-30-20(28)13-26;1-2/h1-9,12H,10-11,13,26H2,(H,27,29);1-2H3. The van der Waals surface area contributed by atoms with Crippen LogP contribution in [-0.2, 0) is 15.7 Å². The molecule has 0 atom stereocenters. The highest BCUT2D eigenvalue weighted by molar-refractivity contribution is 5.99. The van der Waals surface area contributed by atoms with Crippen LogP contribution in [0.25, 0.3) is 10.8 Å². The molecule has 0 aliphatic rings. The van der Waals surface area contributed by atoms with Gasteiger partial charge in [0, 0.05) is 10.9 Å². The van der Waals surface area contributed by atoms with E-state index in [1.807, 2.05) is 13.8 Å². The second-order valence-electron chi connectivity index (χ2n) is 6.50. The summed E-state index contributed by atoms with van der Waals surface area (Å²) in [6.45, 7) is 3.93. The van der Waals surface area contributed by atoms with Gasteiger partial charge < -0.3 is 20.5 Å². The third-order valence-electron chi connectivity index (χ3n) is 4.33. The highest BCUT2D eigenvalue weighted by atomic mass is 19.4. The predicted molar refractivity (Wildman–Crippen MR) is 119 cm³/mol. The lowest BCUT2D eigenvalue weighted by molar-refractivity contribution is -0.141. The number of amides is 1. The zero-order valence-electron chi connectivity index (χ0n) is 18.2. The number of nitrogens with one attached hydrogen (secondary N) is 1. The SMILES string of the molecule is CC.NCC(=O)OCCNC(=O)c1ccc2c(Oc3ccc(C(F)(F)F)cc3)cccc2c1. The molecule has 9 heteroatoms. The van der Waals surface area contributed by atoms with Crippen LogP contribution >= 0.6 is 0 Å². The highest BCUT2D eigenvalue weighted by Gasteiger charge is 2.30. The van der Waals surface area contributed by atoms with E-state index < -0.39 is 17.7 Å². The molecule has 0 unspecified atom stereocenters. The maximum Gasteiger partial charge on any atom is 0.416 e. The normalized spacial score (nSPS) is 10.7. The fourth-order valence-corrected chi connectivity index (χ4v) is 2.81. The number of alkyl halides is 3. The number of hydrogen-bond acceptors (Lipinski definition) is 5. The molecule has 176 valence electrons. The summed E-state index contributed by atoms with van der Waals surface area (Å²) in [7, 11) is 0. The zero-order chi connectivity index (χ0) is 24.4. The fraction of sp³-hybridized carbons (Fsp3) is 0.250. The van der Waals surface area contributed by atoms with Crippen molar-refractivity contribution < 1.29 is 32.2 Å². The van der Waals surface area contributed by atoms with Gasteiger partial charge in [-0.1, -0.05) is 26.0 Å². The number of rotatable bonds is 7. The van der Waals surface area contributed by atoms with E-state index in [9.17, 15) is 22.8 Å². The van der Waals surface area contributed by atoms with E-state index in [2.05, 4.69) is 5.32 Å². The summed E-state index contributed by atoms with van der Waals surface area (Å²) in [5.74, 6) is -0.201. The van der Waals surface area contributed by atoms with E-state index >= 15 is 0 Å². The fourth-order valence-electron chi connectivity index (χ4n) is 2.81. The van der Waals surface area contributed by atoms with Crippen LogP contribution in [-0.4, -0.2) is 31.6 Å². The van der Waals surface area contributed by atoms with Gasteiger partial charge in [0.1, 0.15) is 18.1 Å². The van der Waals surface area contributed by atoms with Crippen molar-refractivity contribution in [1.82, 2.24) is 5.32 Å². The van der Waals surface area contributed by atoms with E-state index in [1.54, 1.807) is 36.4 Å². The van der Waals surface area contributed by atoms with Crippen LogP contribution in [0.3, 0.4) is 0 Å². The summed E-state index contributed by atoms with van der Waals surface area (Å²) in [6, 6.07) is 14.6. The summed E-state index contributed by atoms with van der Waals surface area (Å²) in [5.41, 5.74) is 4.76. The first-order chi connectivity index (χ1) is 15.8. The number of ether oxygens (including phenoxy) is 2. The van der Waals surface area contributed by atoms with Gasteiger partial charge in [-0.15, -0.1) is 0 Å². The quantitative estimate of drug-likeness (QED) is 0.385. The van der Waals surface area contributed by atoms with Crippen molar-refractivity contribution >= 4 is 22.6 Å². The molecule has 0 radical (unpaired) electrons. The summed E-state index contributed by atoms with van der Waals surface area (Å²) < 4.78 is 48.7. The molecule has 0 spiro atoms. The van der Waals surface area contributed by atoms with Crippen LogP contribution in [0.1, 0.15) is 29.8 Å². The summed E-state index contributed by atoms with van der Waals surface area (Å²) in [6.07, 6.45) is -4.42. The van der Waals surface area contributed by atoms with Gasteiger partial charge in [0.2, 0.25) is 0 Å². The first kappa shape index (κ1) is 25.7. The van der Waals surface area contributed by atoms with Gasteiger partial charge in [0.15, 0.2) is 0 Å². The maximum absolute atomic E-state index is 12.7. The van der Waals surface area contributed by atoms with E-state index in [-0.39, 0.29) is 31.4 Å². The van der Waals surface area contributed by atoms with Crippen molar-refractivity contribution in [1.29, 1.82) is 0 Å². The van der Waals surface area contributed by atoms with E-state index in [0.717, 1.165) is 12.1 Å². The van der Waals surface area contributed by atoms with Crippen molar-refractivity contribution in [3.63, 3.8) is 0 Å². The summed E-state index contributed by atoms with van der Waals surface area (Å²) >= 11 is 0. The lowest BCUT2D eigenvalue weighted by atomic mass is 10.1. The molecule has 3 rings (SSSR count).